The zero-order chi connectivity index (χ0) is 18.0. The zero-order valence-corrected chi connectivity index (χ0v) is 16.2. The van der Waals surface area contributed by atoms with Gasteiger partial charge >= 0.3 is 0 Å². The van der Waals surface area contributed by atoms with E-state index in [4.69, 9.17) is 0 Å². The summed E-state index contributed by atoms with van der Waals surface area (Å²) in [6.45, 7) is 5.80. The fourth-order valence-corrected chi connectivity index (χ4v) is 3.59. The van der Waals surface area contributed by atoms with Crippen LogP contribution < -0.4 is 9.47 Å². The number of nitrogens with zero attached hydrogens (tertiary/aromatic N) is 2. The second-order valence-corrected chi connectivity index (χ2v) is 7.40. The Morgan fingerprint density at radius 3 is 2.12 bits per heavy atom. The molecule has 0 atom stereocenters. The molecule has 1 aromatic heterocycles. The molecule has 1 aliphatic rings. The van der Waals surface area contributed by atoms with E-state index in [2.05, 4.69) is 77.3 Å². The lowest BCUT2D eigenvalue weighted by Gasteiger charge is -2.28. The Kier molecular flexibility index (Phi) is 7.30. The lowest BCUT2D eigenvalue weighted by atomic mass is 10.1. The smallest absolute Gasteiger partial charge is 0.169 e. The van der Waals surface area contributed by atoms with Crippen molar-refractivity contribution in [1.82, 2.24) is 0 Å². The van der Waals surface area contributed by atoms with E-state index in [9.17, 15) is 0 Å². The topological polar surface area (TPSA) is 7.12 Å². The summed E-state index contributed by atoms with van der Waals surface area (Å²) in [5.41, 5.74) is 3.89. The number of rotatable bonds is 8. The summed E-state index contributed by atoms with van der Waals surface area (Å²) in [6, 6.07) is 13.4. The molecule has 2 aromatic rings. The molecule has 1 fully saturated rings. The Labute approximate surface area is 159 Å². The van der Waals surface area contributed by atoms with Crippen molar-refractivity contribution in [3.05, 3.63) is 59.9 Å². The molecule has 0 bridgehead atoms. The number of piperidine rings is 1. The van der Waals surface area contributed by atoms with E-state index in [-0.39, 0.29) is 0 Å². The first-order chi connectivity index (χ1) is 12.8. The summed E-state index contributed by atoms with van der Waals surface area (Å²) >= 11 is 0. The standard InChI is InChI=1S/C24H33N2/c1-2-3-4-6-17-25-20-15-23(16-21-25)10-9-22-11-13-24(14-12-22)26-18-7-5-8-19-26/h9-16,20-21H,2-8,17-19H2,1H3/q+1. The molecular formula is C24H33N2+. The maximum absolute atomic E-state index is 2.51. The normalized spacial score (nSPS) is 14.9. The molecule has 26 heavy (non-hydrogen) atoms. The summed E-state index contributed by atoms with van der Waals surface area (Å²) in [7, 11) is 0. The third-order valence-corrected chi connectivity index (χ3v) is 5.27. The first kappa shape index (κ1) is 18.7. The monoisotopic (exact) mass is 349 g/mol. The van der Waals surface area contributed by atoms with E-state index < -0.39 is 0 Å². The number of anilines is 1. The second kappa shape index (κ2) is 10.2. The number of pyridine rings is 1. The summed E-state index contributed by atoms with van der Waals surface area (Å²) in [5.74, 6) is 0. The minimum absolute atomic E-state index is 1.13. The van der Waals surface area contributed by atoms with Crippen LogP contribution in [0.3, 0.4) is 0 Å². The van der Waals surface area contributed by atoms with Gasteiger partial charge in [0, 0.05) is 37.3 Å². The maximum atomic E-state index is 2.51. The van der Waals surface area contributed by atoms with Crippen molar-refractivity contribution in [3.63, 3.8) is 0 Å². The quantitative estimate of drug-likeness (QED) is 0.437. The largest absolute Gasteiger partial charge is 0.372 e. The van der Waals surface area contributed by atoms with Crippen molar-refractivity contribution in [2.24, 2.45) is 0 Å². The fourth-order valence-electron chi connectivity index (χ4n) is 3.59. The van der Waals surface area contributed by atoms with Gasteiger partial charge in [-0.15, -0.1) is 0 Å². The van der Waals surface area contributed by atoms with Crippen molar-refractivity contribution in [1.29, 1.82) is 0 Å². The van der Waals surface area contributed by atoms with Gasteiger partial charge in [-0.1, -0.05) is 44.1 Å². The lowest BCUT2D eigenvalue weighted by Crippen LogP contribution is -2.32. The minimum atomic E-state index is 1.13. The Balaban J connectivity index is 1.52. The van der Waals surface area contributed by atoms with Gasteiger partial charge in [-0.3, -0.25) is 0 Å². The van der Waals surface area contributed by atoms with Gasteiger partial charge in [0.2, 0.25) is 0 Å². The van der Waals surface area contributed by atoms with Crippen LogP contribution in [0.4, 0.5) is 5.69 Å². The molecular weight excluding hydrogens is 316 g/mol. The van der Waals surface area contributed by atoms with Gasteiger partial charge in [-0.25, -0.2) is 4.57 Å². The molecule has 1 saturated heterocycles. The molecule has 2 heteroatoms. The van der Waals surface area contributed by atoms with Crippen LogP contribution in [0, 0.1) is 0 Å². The average molecular weight is 350 g/mol. The van der Waals surface area contributed by atoms with E-state index in [0.29, 0.717) is 0 Å². The molecule has 0 amide bonds. The fraction of sp³-hybridized carbons (Fsp3) is 0.458. The van der Waals surface area contributed by atoms with Crippen molar-refractivity contribution in [3.8, 4) is 0 Å². The van der Waals surface area contributed by atoms with E-state index in [1.54, 1.807) is 0 Å². The molecule has 0 spiro atoms. The highest BCUT2D eigenvalue weighted by molar-refractivity contribution is 5.70. The Hall–Kier alpha value is -2.09. The van der Waals surface area contributed by atoms with E-state index in [0.717, 1.165) is 6.54 Å². The van der Waals surface area contributed by atoms with Gasteiger partial charge in [-0.2, -0.15) is 0 Å². The van der Waals surface area contributed by atoms with Crippen LogP contribution in [0.1, 0.15) is 63.0 Å². The highest BCUT2D eigenvalue weighted by Gasteiger charge is 2.10. The summed E-state index contributed by atoms with van der Waals surface area (Å²) in [6.07, 6.45) is 18.1. The maximum Gasteiger partial charge on any atom is 0.169 e. The molecule has 2 nitrogen and oxygen atoms in total. The molecule has 0 aliphatic carbocycles. The van der Waals surface area contributed by atoms with Gasteiger partial charge in [0.25, 0.3) is 0 Å². The second-order valence-electron chi connectivity index (χ2n) is 7.40. The molecule has 1 aromatic carbocycles. The Morgan fingerprint density at radius 1 is 0.808 bits per heavy atom. The van der Waals surface area contributed by atoms with Crippen LogP contribution >= 0.6 is 0 Å². The highest BCUT2D eigenvalue weighted by Crippen LogP contribution is 2.20. The van der Waals surface area contributed by atoms with Crippen LogP contribution in [0.5, 0.6) is 0 Å². The number of hydrogen-bond donors (Lipinski definition) is 0. The predicted molar refractivity (Wildman–Crippen MR) is 112 cm³/mol. The minimum Gasteiger partial charge on any atom is -0.372 e. The Morgan fingerprint density at radius 2 is 1.46 bits per heavy atom. The molecule has 3 rings (SSSR count). The molecule has 1 aliphatic heterocycles. The van der Waals surface area contributed by atoms with Gasteiger partial charge in [0.1, 0.15) is 6.54 Å². The summed E-state index contributed by atoms with van der Waals surface area (Å²) in [4.78, 5) is 2.51. The van der Waals surface area contributed by atoms with Crippen molar-refractivity contribution in [2.45, 2.75) is 58.4 Å². The molecule has 0 radical (unpaired) electrons. The van der Waals surface area contributed by atoms with Crippen molar-refractivity contribution >= 4 is 17.8 Å². The van der Waals surface area contributed by atoms with E-state index in [1.165, 1.54) is 74.8 Å². The molecule has 138 valence electrons. The van der Waals surface area contributed by atoms with E-state index >= 15 is 0 Å². The SMILES string of the molecule is CCCCCC[n+]1ccc(/C=C/c2ccc(N3CCCCC3)cc2)cc1. The van der Waals surface area contributed by atoms with E-state index in [1.807, 2.05) is 0 Å². The van der Waals surface area contributed by atoms with Crippen LogP contribution in [0.25, 0.3) is 12.2 Å². The molecule has 0 N–H and O–H groups in total. The first-order valence-electron chi connectivity index (χ1n) is 10.4. The lowest BCUT2D eigenvalue weighted by molar-refractivity contribution is -0.697. The third-order valence-electron chi connectivity index (χ3n) is 5.27. The van der Waals surface area contributed by atoms with Gasteiger partial charge in [-0.05, 0) is 48.9 Å². The number of benzene rings is 1. The highest BCUT2D eigenvalue weighted by atomic mass is 15.1. The summed E-state index contributed by atoms with van der Waals surface area (Å²) in [5, 5.41) is 0. The first-order valence-corrected chi connectivity index (χ1v) is 10.4. The van der Waals surface area contributed by atoms with Crippen molar-refractivity contribution < 1.29 is 4.57 Å². The molecule has 0 saturated carbocycles. The van der Waals surface area contributed by atoms with Crippen LogP contribution in [-0.2, 0) is 6.54 Å². The zero-order valence-electron chi connectivity index (χ0n) is 16.2. The number of unbranched alkanes of at least 4 members (excludes halogenated alkanes) is 3. The van der Waals surface area contributed by atoms with Gasteiger partial charge in [0.05, 0.1) is 0 Å². The van der Waals surface area contributed by atoms with Gasteiger partial charge < -0.3 is 4.90 Å². The number of aromatic nitrogens is 1. The van der Waals surface area contributed by atoms with Crippen molar-refractivity contribution in [2.75, 3.05) is 18.0 Å². The summed E-state index contributed by atoms with van der Waals surface area (Å²) < 4.78 is 2.29. The number of aryl methyl sites for hydroxylation is 1. The molecule has 0 unspecified atom stereocenters. The Bertz CT molecular complexity index is 664. The third kappa shape index (κ3) is 5.72. The predicted octanol–water partition coefficient (Wildman–Crippen LogP) is 5.72. The van der Waals surface area contributed by atoms with Crippen LogP contribution in [0.15, 0.2) is 48.8 Å². The number of hydrogen-bond acceptors (Lipinski definition) is 1. The average Bonchev–Trinajstić information content (AvgIpc) is 2.72. The van der Waals surface area contributed by atoms with Gasteiger partial charge in [0.15, 0.2) is 12.4 Å². The van der Waals surface area contributed by atoms with Crippen LogP contribution in [-0.4, -0.2) is 13.1 Å². The van der Waals surface area contributed by atoms with Crippen LogP contribution in [0.2, 0.25) is 0 Å². The molecule has 2 heterocycles.